The summed E-state index contributed by atoms with van der Waals surface area (Å²) in [5.41, 5.74) is 1.05. The molecule has 1 aliphatic heterocycles. The van der Waals surface area contributed by atoms with Gasteiger partial charge in [-0.1, -0.05) is 24.3 Å². The van der Waals surface area contributed by atoms with Gasteiger partial charge in [-0.25, -0.2) is 14.0 Å². The lowest BCUT2D eigenvalue weighted by Gasteiger charge is -2.29. The monoisotopic (exact) mass is 400 g/mol. The Hall–Kier alpha value is -3.55. The third kappa shape index (κ3) is 4.66. The molecule has 0 unspecified atom stereocenters. The molecule has 1 atom stereocenters. The predicted octanol–water partition coefficient (Wildman–Crippen LogP) is 3.08. The molecule has 2 aromatic carbocycles. The lowest BCUT2D eigenvalue weighted by Crippen LogP contribution is -2.47. The fraction of sp³-hybridized carbons (Fsp3) is 0.238. The van der Waals surface area contributed by atoms with Crippen LogP contribution in [-0.4, -0.2) is 32.3 Å². The highest BCUT2D eigenvalue weighted by molar-refractivity contribution is 5.95. The maximum atomic E-state index is 13.9. The summed E-state index contributed by atoms with van der Waals surface area (Å²) >= 11 is 0. The second-order valence-electron chi connectivity index (χ2n) is 6.14. The van der Waals surface area contributed by atoms with Crippen molar-refractivity contribution >= 4 is 12.0 Å². The molecule has 2 aromatic rings. The van der Waals surface area contributed by atoms with Gasteiger partial charge in [0.2, 0.25) is 0 Å². The Kier molecular flexibility index (Phi) is 6.33. The van der Waals surface area contributed by atoms with Gasteiger partial charge in [0.25, 0.3) is 0 Å². The van der Waals surface area contributed by atoms with Crippen molar-refractivity contribution in [1.29, 1.82) is 0 Å². The SMILES string of the molecule is CCOC(=O)C1=C(COc2ccccc2F)NC(=O)N[C@@H]1c1ccc(OC)cc1. The van der Waals surface area contributed by atoms with Gasteiger partial charge < -0.3 is 24.8 Å². The molecule has 29 heavy (non-hydrogen) atoms. The Morgan fingerprint density at radius 2 is 1.86 bits per heavy atom. The first-order chi connectivity index (χ1) is 14.0. The van der Waals surface area contributed by atoms with Crippen molar-refractivity contribution in [3.8, 4) is 11.5 Å². The van der Waals surface area contributed by atoms with Crippen LogP contribution in [-0.2, 0) is 9.53 Å². The number of para-hydroxylation sites is 1. The second kappa shape index (κ2) is 9.09. The molecule has 0 spiro atoms. The van der Waals surface area contributed by atoms with E-state index in [-0.39, 0.29) is 30.2 Å². The van der Waals surface area contributed by atoms with E-state index in [1.807, 2.05) is 0 Å². The van der Waals surface area contributed by atoms with E-state index in [1.165, 1.54) is 18.2 Å². The number of rotatable bonds is 7. The molecule has 2 N–H and O–H groups in total. The van der Waals surface area contributed by atoms with Gasteiger partial charge in [0.05, 0.1) is 31.0 Å². The number of nitrogens with one attached hydrogen (secondary N) is 2. The van der Waals surface area contributed by atoms with E-state index >= 15 is 0 Å². The molecule has 152 valence electrons. The first-order valence-corrected chi connectivity index (χ1v) is 9.02. The van der Waals surface area contributed by atoms with Crippen LogP contribution in [0.4, 0.5) is 9.18 Å². The molecule has 0 aromatic heterocycles. The summed E-state index contributed by atoms with van der Waals surface area (Å²) in [6.07, 6.45) is 0. The number of hydrogen-bond acceptors (Lipinski definition) is 5. The number of esters is 1. The highest BCUT2D eigenvalue weighted by Gasteiger charge is 2.34. The van der Waals surface area contributed by atoms with Gasteiger partial charge in [0.1, 0.15) is 12.4 Å². The molecule has 2 amide bonds. The summed E-state index contributed by atoms with van der Waals surface area (Å²) in [6, 6.07) is 11.6. The van der Waals surface area contributed by atoms with E-state index in [4.69, 9.17) is 14.2 Å². The van der Waals surface area contributed by atoms with Gasteiger partial charge in [0.15, 0.2) is 11.6 Å². The zero-order valence-electron chi connectivity index (χ0n) is 16.0. The Bertz CT molecular complexity index is 927. The molecule has 3 rings (SSSR count). The van der Waals surface area contributed by atoms with Crippen LogP contribution in [0.25, 0.3) is 0 Å². The lowest BCUT2D eigenvalue weighted by atomic mass is 9.95. The highest BCUT2D eigenvalue weighted by Crippen LogP contribution is 2.29. The highest BCUT2D eigenvalue weighted by atomic mass is 19.1. The van der Waals surface area contributed by atoms with E-state index in [0.29, 0.717) is 11.3 Å². The molecular weight excluding hydrogens is 379 g/mol. The van der Waals surface area contributed by atoms with Crippen LogP contribution < -0.4 is 20.1 Å². The smallest absolute Gasteiger partial charge is 0.338 e. The van der Waals surface area contributed by atoms with Crippen LogP contribution in [0, 0.1) is 5.82 Å². The van der Waals surface area contributed by atoms with Crippen LogP contribution in [0.5, 0.6) is 11.5 Å². The Labute approximate surface area is 167 Å². The summed E-state index contributed by atoms with van der Waals surface area (Å²) in [4.78, 5) is 24.9. The predicted molar refractivity (Wildman–Crippen MR) is 103 cm³/mol. The normalized spacial score (nSPS) is 16.0. The summed E-state index contributed by atoms with van der Waals surface area (Å²) in [7, 11) is 1.55. The molecule has 0 fully saturated rings. The number of carbonyl (C=O) groups is 2. The molecule has 0 saturated heterocycles. The maximum absolute atomic E-state index is 13.9. The number of carbonyl (C=O) groups excluding carboxylic acids is 2. The minimum Gasteiger partial charge on any atom is -0.497 e. The molecule has 0 saturated carbocycles. The third-order valence-electron chi connectivity index (χ3n) is 4.31. The number of ether oxygens (including phenoxy) is 3. The van der Waals surface area contributed by atoms with Crippen molar-refractivity contribution in [2.24, 2.45) is 0 Å². The lowest BCUT2D eigenvalue weighted by molar-refractivity contribution is -0.139. The molecule has 0 aliphatic carbocycles. The van der Waals surface area contributed by atoms with Gasteiger partial charge in [-0.05, 0) is 36.8 Å². The summed E-state index contributed by atoms with van der Waals surface area (Å²) in [5, 5.41) is 5.29. The first-order valence-electron chi connectivity index (χ1n) is 9.02. The van der Waals surface area contributed by atoms with E-state index in [1.54, 1.807) is 44.4 Å². The number of hydrogen-bond donors (Lipinski definition) is 2. The van der Waals surface area contributed by atoms with Crippen LogP contribution in [0.2, 0.25) is 0 Å². The topological polar surface area (TPSA) is 85.9 Å². The largest absolute Gasteiger partial charge is 0.497 e. The van der Waals surface area contributed by atoms with E-state index in [2.05, 4.69) is 10.6 Å². The maximum Gasteiger partial charge on any atom is 0.338 e. The number of urea groups is 1. The molecule has 8 heteroatoms. The summed E-state index contributed by atoms with van der Waals surface area (Å²) in [5.74, 6) is -0.499. The minimum absolute atomic E-state index is 0.0111. The molecule has 7 nitrogen and oxygen atoms in total. The van der Waals surface area contributed by atoms with Gasteiger partial charge in [-0.3, -0.25) is 0 Å². The summed E-state index contributed by atoms with van der Waals surface area (Å²) in [6.45, 7) is 1.63. The van der Waals surface area contributed by atoms with E-state index in [9.17, 15) is 14.0 Å². The van der Waals surface area contributed by atoms with Crippen LogP contribution in [0.3, 0.4) is 0 Å². The van der Waals surface area contributed by atoms with Gasteiger partial charge in [0, 0.05) is 0 Å². The third-order valence-corrected chi connectivity index (χ3v) is 4.31. The fourth-order valence-corrected chi connectivity index (χ4v) is 2.94. The van der Waals surface area contributed by atoms with Crippen LogP contribution in [0.15, 0.2) is 59.8 Å². The van der Waals surface area contributed by atoms with Crippen molar-refractivity contribution in [3.05, 3.63) is 71.2 Å². The van der Waals surface area contributed by atoms with Crippen LogP contribution >= 0.6 is 0 Å². The van der Waals surface area contributed by atoms with Gasteiger partial charge >= 0.3 is 12.0 Å². The fourth-order valence-electron chi connectivity index (χ4n) is 2.94. The van der Waals surface area contributed by atoms with E-state index < -0.39 is 23.9 Å². The van der Waals surface area contributed by atoms with Gasteiger partial charge in [-0.2, -0.15) is 0 Å². The number of benzene rings is 2. The summed E-state index contributed by atoms with van der Waals surface area (Å²) < 4.78 is 29.7. The molecular formula is C21H21FN2O5. The zero-order valence-corrected chi connectivity index (χ0v) is 16.0. The average Bonchev–Trinajstić information content (AvgIpc) is 2.73. The minimum atomic E-state index is -0.757. The number of halogens is 1. The molecule has 1 aliphatic rings. The molecule has 1 heterocycles. The Balaban J connectivity index is 1.97. The number of amides is 2. The van der Waals surface area contributed by atoms with Crippen LogP contribution in [0.1, 0.15) is 18.5 Å². The average molecular weight is 400 g/mol. The molecule has 0 radical (unpaired) electrons. The molecule has 0 bridgehead atoms. The number of methoxy groups -OCH3 is 1. The quantitative estimate of drug-likeness (QED) is 0.698. The first kappa shape index (κ1) is 20.2. The zero-order chi connectivity index (χ0) is 20.8. The Morgan fingerprint density at radius 3 is 2.52 bits per heavy atom. The van der Waals surface area contributed by atoms with Crippen molar-refractivity contribution in [2.75, 3.05) is 20.3 Å². The van der Waals surface area contributed by atoms with Crippen molar-refractivity contribution in [2.45, 2.75) is 13.0 Å². The van der Waals surface area contributed by atoms with Crippen molar-refractivity contribution < 1.29 is 28.2 Å². The van der Waals surface area contributed by atoms with E-state index in [0.717, 1.165) is 0 Å². The Morgan fingerprint density at radius 1 is 1.14 bits per heavy atom. The van der Waals surface area contributed by atoms with Gasteiger partial charge in [-0.15, -0.1) is 0 Å². The van der Waals surface area contributed by atoms with Crippen molar-refractivity contribution in [3.63, 3.8) is 0 Å². The standard InChI is InChI=1S/C21H21FN2O5/c1-3-28-20(25)18-16(12-29-17-7-5-4-6-15(17)22)23-21(26)24-19(18)13-8-10-14(27-2)11-9-13/h4-11,19H,3,12H2,1-2H3,(H2,23,24,26)/t19-/m1/s1. The second-order valence-corrected chi connectivity index (χ2v) is 6.14. The van der Waals surface area contributed by atoms with Crippen molar-refractivity contribution in [1.82, 2.24) is 10.6 Å².